The van der Waals surface area contributed by atoms with Gasteiger partial charge in [0.1, 0.15) is 17.2 Å². The number of nitrogens with zero attached hydrogens (tertiary/aromatic N) is 1. The zero-order valence-corrected chi connectivity index (χ0v) is 11.9. The molecule has 0 amide bonds. The predicted molar refractivity (Wildman–Crippen MR) is 76.3 cm³/mol. The molecule has 0 aromatic heterocycles. The minimum atomic E-state index is -4.71. The highest BCUT2D eigenvalue weighted by Crippen LogP contribution is 2.45. The number of hydrogen-bond acceptors (Lipinski definition) is 3. The molecule has 1 aliphatic carbocycles. The fourth-order valence-electron chi connectivity index (χ4n) is 2.26. The van der Waals surface area contributed by atoms with Gasteiger partial charge in [-0.25, -0.2) is 0 Å². The average molecular weight is 319 g/mol. The van der Waals surface area contributed by atoms with Gasteiger partial charge in [0.15, 0.2) is 0 Å². The molecule has 3 rings (SSSR count). The lowest BCUT2D eigenvalue weighted by Gasteiger charge is -2.12. The third kappa shape index (κ3) is 3.95. The van der Waals surface area contributed by atoms with Gasteiger partial charge in [0.25, 0.3) is 0 Å². The fourth-order valence-corrected chi connectivity index (χ4v) is 2.26. The number of rotatable bonds is 4. The van der Waals surface area contributed by atoms with Crippen LogP contribution in [0, 0.1) is 11.3 Å². The maximum Gasteiger partial charge on any atom is 0.573 e. The number of ether oxygens (including phenoxy) is 2. The Kier molecular flexibility index (Phi) is 3.87. The van der Waals surface area contributed by atoms with Gasteiger partial charge in [-0.15, -0.1) is 13.2 Å². The molecule has 0 radical (unpaired) electrons. The normalized spacial score (nSPS) is 14.2. The molecule has 0 bridgehead atoms. The first-order chi connectivity index (χ1) is 10.9. The lowest BCUT2D eigenvalue weighted by molar-refractivity contribution is -0.274. The Morgan fingerprint density at radius 1 is 1.00 bits per heavy atom. The summed E-state index contributed by atoms with van der Waals surface area (Å²) < 4.78 is 46.0. The summed E-state index contributed by atoms with van der Waals surface area (Å²) in [6.45, 7) is 0. The number of benzene rings is 2. The van der Waals surface area contributed by atoms with Gasteiger partial charge in [-0.05, 0) is 66.8 Å². The van der Waals surface area contributed by atoms with Crippen LogP contribution < -0.4 is 9.47 Å². The molecule has 0 unspecified atom stereocenters. The van der Waals surface area contributed by atoms with Crippen LogP contribution in [0.15, 0.2) is 42.5 Å². The molecule has 6 heteroatoms. The van der Waals surface area contributed by atoms with Crippen molar-refractivity contribution in [3.8, 4) is 23.3 Å². The monoisotopic (exact) mass is 319 g/mol. The van der Waals surface area contributed by atoms with E-state index < -0.39 is 6.36 Å². The van der Waals surface area contributed by atoms with Crippen LogP contribution in [0.3, 0.4) is 0 Å². The Labute approximate surface area is 130 Å². The Morgan fingerprint density at radius 2 is 1.65 bits per heavy atom. The van der Waals surface area contributed by atoms with Gasteiger partial charge in [-0.1, -0.05) is 0 Å². The Morgan fingerprint density at radius 3 is 2.22 bits per heavy atom. The highest BCUT2D eigenvalue weighted by Gasteiger charge is 2.31. The smallest absolute Gasteiger partial charge is 0.457 e. The van der Waals surface area contributed by atoms with Crippen LogP contribution in [-0.2, 0) is 0 Å². The summed E-state index contributed by atoms with van der Waals surface area (Å²) in [6, 6.07) is 12.5. The number of halogens is 3. The number of nitriles is 1. The van der Waals surface area contributed by atoms with E-state index in [-0.39, 0.29) is 5.75 Å². The molecule has 0 heterocycles. The molecule has 0 spiro atoms. The topological polar surface area (TPSA) is 42.2 Å². The SMILES string of the molecule is N#Cc1ccc(Oc2ccc(OC(F)(F)F)cc2)c(C2CC2)c1. The van der Waals surface area contributed by atoms with Crippen molar-refractivity contribution in [2.75, 3.05) is 0 Å². The van der Waals surface area contributed by atoms with E-state index in [1.54, 1.807) is 18.2 Å². The van der Waals surface area contributed by atoms with Gasteiger partial charge in [-0.2, -0.15) is 5.26 Å². The molecule has 1 aliphatic rings. The first-order valence-corrected chi connectivity index (χ1v) is 7.02. The molecule has 0 atom stereocenters. The van der Waals surface area contributed by atoms with Crippen molar-refractivity contribution in [1.82, 2.24) is 0 Å². The highest BCUT2D eigenvalue weighted by atomic mass is 19.4. The average Bonchev–Trinajstić information content (AvgIpc) is 3.33. The van der Waals surface area contributed by atoms with Gasteiger partial charge in [0.05, 0.1) is 11.6 Å². The Bertz CT molecular complexity index is 744. The summed E-state index contributed by atoms with van der Waals surface area (Å²) in [7, 11) is 0. The molecule has 2 aromatic rings. The minimum absolute atomic E-state index is 0.299. The number of hydrogen-bond donors (Lipinski definition) is 0. The van der Waals surface area contributed by atoms with Crippen molar-refractivity contribution >= 4 is 0 Å². The first-order valence-electron chi connectivity index (χ1n) is 7.02. The molecule has 118 valence electrons. The summed E-state index contributed by atoms with van der Waals surface area (Å²) in [6.07, 6.45) is -2.62. The summed E-state index contributed by atoms with van der Waals surface area (Å²) in [4.78, 5) is 0. The van der Waals surface area contributed by atoms with E-state index in [2.05, 4.69) is 10.8 Å². The second-order valence-electron chi connectivity index (χ2n) is 5.26. The van der Waals surface area contributed by atoms with Crippen molar-refractivity contribution in [3.63, 3.8) is 0 Å². The third-order valence-corrected chi connectivity index (χ3v) is 3.44. The molecule has 2 aromatic carbocycles. The van der Waals surface area contributed by atoms with Crippen molar-refractivity contribution < 1.29 is 22.6 Å². The number of alkyl halides is 3. The quantitative estimate of drug-likeness (QED) is 0.785. The summed E-state index contributed by atoms with van der Waals surface area (Å²) >= 11 is 0. The van der Waals surface area contributed by atoms with Crippen LogP contribution in [-0.4, -0.2) is 6.36 Å². The van der Waals surface area contributed by atoms with E-state index in [1.165, 1.54) is 24.3 Å². The van der Waals surface area contributed by atoms with E-state index in [4.69, 9.17) is 10.00 Å². The van der Waals surface area contributed by atoms with E-state index in [0.29, 0.717) is 23.0 Å². The molecule has 1 fully saturated rings. The Hall–Kier alpha value is -2.68. The third-order valence-electron chi connectivity index (χ3n) is 3.44. The minimum Gasteiger partial charge on any atom is -0.457 e. The molecular weight excluding hydrogens is 307 g/mol. The maximum atomic E-state index is 12.1. The van der Waals surface area contributed by atoms with Crippen LogP contribution in [0.5, 0.6) is 17.2 Å². The van der Waals surface area contributed by atoms with E-state index >= 15 is 0 Å². The highest BCUT2D eigenvalue weighted by molar-refractivity contribution is 5.47. The summed E-state index contributed by atoms with van der Waals surface area (Å²) in [5, 5.41) is 8.97. The largest absolute Gasteiger partial charge is 0.573 e. The van der Waals surface area contributed by atoms with Gasteiger partial charge in [0.2, 0.25) is 0 Å². The molecule has 1 saturated carbocycles. The van der Waals surface area contributed by atoms with Gasteiger partial charge in [-0.3, -0.25) is 0 Å². The van der Waals surface area contributed by atoms with Crippen molar-refractivity contribution in [2.45, 2.75) is 25.1 Å². The van der Waals surface area contributed by atoms with E-state index in [1.807, 2.05) is 0 Å². The molecule has 0 aliphatic heterocycles. The second-order valence-corrected chi connectivity index (χ2v) is 5.26. The Balaban J connectivity index is 1.78. The van der Waals surface area contributed by atoms with Crippen LogP contribution >= 0.6 is 0 Å². The molecule has 23 heavy (non-hydrogen) atoms. The van der Waals surface area contributed by atoms with Crippen LogP contribution in [0.1, 0.15) is 29.9 Å². The lowest BCUT2D eigenvalue weighted by atomic mass is 10.1. The molecular formula is C17H12F3NO2. The van der Waals surface area contributed by atoms with Gasteiger partial charge in [0, 0.05) is 0 Å². The van der Waals surface area contributed by atoms with Gasteiger partial charge >= 0.3 is 6.36 Å². The molecule has 0 saturated heterocycles. The van der Waals surface area contributed by atoms with E-state index in [0.717, 1.165) is 18.4 Å². The first kappa shape index (κ1) is 15.2. The summed E-state index contributed by atoms with van der Waals surface area (Å²) in [5.74, 6) is 1.11. The van der Waals surface area contributed by atoms with Crippen LogP contribution in [0.4, 0.5) is 13.2 Å². The van der Waals surface area contributed by atoms with Crippen molar-refractivity contribution in [1.29, 1.82) is 5.26 Å². The zero-order chi connectivity index (χ0) is 16.4. The maximum absolute atomic E-state index is 12.1. The molecule has 3 nitrogen and oxygen atoms in total. The second kappa shape index (κ2) is 5.84. The summed E-state index contributed by atoms with van der Waals surface area (Å²) in [5.41, 5.74) is 1.52. The van der Waals surface area contributed by atoms with Crippen molar-refractivity contribution in [3.05, 3.63) is 53.6 Å². The van der Waals surface area contributed by atoms with Crippen LogP contribution in [0.25, 0.3) is 0 Å². The molecule has 0 N–H and O–H groups in total. The van der Waals surface area contributed by atoms with Gasteiger partial charge < -0.3 is 9.47 Å². The van der Waals surface area contributed by atoms with Crippen molar-refractivity contribution in [2.24, 2.45) is 0 Å². The zero-order valence-electron chi connectivity index (χ0n) is 11.9. The van der Waals surface area contributed by atoms with E-state index in [9.17, 15) is 13.2 Å². The lowest BCUT2D eigenvalue weighted by Crippen LogP contribution is -2.16. The standard InChI is InChI=1S/C17H12F3NO2/c18-17(19,20)23-14-6-4-13(5-7-14)22-16-8-1-11(10-21)9-15(16)12-2-3-12/h1,4-9,12H,2-3H2. The predicted octanol–water partition coefficient (Wildman–Crippen LogP) is 5.13. The van der Waals surface area contributed by atoms with Crippen LogP contribution in [0.2, 0.25) is 0 Å². The fraction of sp³-hybridized carbons (Fsp3) is 0.235.